The van der Waals surface area contributed by atoms with E-state index < -0.39 is 23.6 Å². The molecule has 1 unspecified atom stereocenters. The summed E-state index contributed by atoms with van der Waals surface area (Å²) < 4.78 is 16.5. The highest BCUT2D eigenvalue weighted by Gasteiger charge is 2.39. The van der Waals surface area contributed by atoms with E-state index >= 15 is 0 Å². The molecule has 192 valence electrons. The number of likely N-dealkylation sites (tertiary alicyclic amines) is 1. The molecule has 3 aromatic rings. The van der Waals surface area contributed by atoms with E-state index in [1.165, 1.54) is 0 Å². The number of nitrogens with two attached hydrogens (primary N) is 1. The number of carbonyl (C=O) groups excluding carboxylic acids is 1. The molecule has 3 heterocycles. The molecule has 0 radical (unpaired) electrons. The molecule has 5 rings (SSSR count). The average Bonchev–Trinajstić information content (AvgIpc) is 3.67. The summed E-state index contributed by atoms with van der Waals surface area (Å²) in [5.41, 5.74) is 7.11. The van der Waals surface area contributed by atoms with Crippen LogP contribution in [0.4, 0.5) is 10.2 Å². The molecule has 9 nitrogen and oxygen atoms in total. The quantitative estimate of drug-likeness (QED) is 0.302. The predicted octanol–water partition coefficient (Wildman–Crippen LogP) is 3.23. The number of rotatable bonds is 9. The first-order chi connectivity index (χ1) is 17.9. The van der Waals surface area contributed by atoms with Gasteiger partial charge in [-0.05, 0) is 31.7 Å². The molecule has 1 aliphatic heterocycles. The first-order valence-corrected chi connectivity index (χ1v) is 12.5. The number of benzene rings is 1. The molecule has 1 aromatic carbocycles. The molecule has 2 aromatic heterocycles. The number of nitrogens with one attached hydrogen (secondary N) is 1. The molecule has 0 spiro atoms. The third-order valence-corrected chi connectivity index (χ3v) is 7.40. The highest BCUT2D eigenvalue weighted by atomic mass is 19.1. The molecule has 0 bridgehead atoms. The van der Waals surface area contributed by atoms with Gasteiger partial charge in [0.2, 0.25) is 5.95 Å². The van der Waals surface area contributed by atoms with E-state index in [1.54, 1.807) is 16.9 Å². The Balaban J connectivity index is 1.30. The normalized spacial score (nSPS) is 18.2. The van der Waals surface area contributed by atoms with Crippen molar-refractivity contribution in [1.29, 1.82) is 5.26 Å². The number of carbonyl (C=O) groups is 1. The summed E-state index contributed by atoms with van der Waals surface area (Å²) in [5, 5.41) is 27.4. The minimum Gasteiger partial charge on any atom is -0.373 e. The third-order valence-electron chi connectivity index (χ3n) is 7.40. The second-order valence-electron chi connectivity index (χ2n) is 9.97. The molecule has 2 fully saturated rings. The number of hydrogen-bond donors (Lipinski definition) is 3. The molecular weight excluding hydrogens is 473 g/mol. The summed E-state index contributed by atoms with van der Waals surface area (Å²) in [7, 11) is 0. The summed E-state index contributed by atoms with van der Waals surface area (Å²) in [6.45, 7) is 1.63. The van der Waals surface area contributed by atoms with Gasteiger partial charge in [0.25, 0.3) is 5.91 Å². The zero-order valence-electron chi connectivity index (χ0n) is 20.5. The molecule has 1 saturated heterocycles. The number of primary amides is 1. The van der Waals surface area contributed by atoms with Crippen molar-refractivity contribution >= 4 is 11.7 Å². The van der Waals surface area contributed by atoms with Crippen molar-refractivity contribution in [1.82, 2.24) is 19.7 Å². The van der Waals surface area contributed by atoms with Gasteiger partial charge in [0.15, 0.2) is 5.82 Å². The van der Waals surface area contributed by atoms with Crippen LogP contribution in [0.25, 0.3) is 11.3 Å². The van der Waals surface area contributed by atoms with Crippen LogP contribution >= 0.6 is 0 Å². The minimum absolute atomic E-state index is 0.138. The summed E-state index contributed by atoms with van der Waals surface area (Å²) in [6.07, 6.45) is 3.98. The molecule has 1 saturated carbocycles. The van der Waals surface area contributed by atoms with Gasteiger partial charge >= 0.3 is 0 Å². The minimum atomic E-state index is -0.799. The van der Waals surface area contributed by atoms with Crippen molar-refractivity contribution < 1.29 is 14.3 Å². The Morgan fingerprint density at radius 1 is 1.24 bits per heavy atom. The number of aliphatic hydroxyl groups is 1. The van der Waals surface area contributed by atoms with E-state index in [1.807, 2.05) is 36.4 Å². The first-order valence-electron chi connectivity index (χ1n) is 12.5. The van der Waals surface area contributed by atoms with Crippen LogP contribution in [0.1, 0.15) is 48.0 Å². The van der Waals surface area contributed by atoms with E-state index in [4.69, 9.17) is 5.73 Å². The summed E-state index contributed by atoms with van der Waals surface area (Å²) >= 11 is 0. The van der Waals surface area contributed by atoms with Gasteiger partial charge in [0.1, 0.15) is 11.8 Å². The Labute approximate surface area is 214 Å². The fourth-order valence-corrected chi connectivity index (χ4v) is 4.93. The van der Waals surface area contributed by atoms with Crippen molar-refractivity contribution in [3.8, 4) is 17.3 Å². The van der Waals surface area contributed by atoms with Gasteiger partial charge in [-0.1, -0.05) is 36.4 Å². The molecular formula is C27H30FN7O2. The Morgan fingerprint density at radius 3 is 2.59 bits per heavy atom. The standard InChI is InChI=1S/C27H30FN7O2/c28-23-20(8-9-22(31-23)18-4-2-1-3-5-18)16-34-14-11-27(10-13-29,12-15-34)35-17-21(24(30)36)25(33-35)32-26(37)19-6-7-19/h1-5,8-9,17,19,26,37H,6-7,10-12,14-16H2,(H2,30,36)(H,32,33). The van der Waals surface area contributed by atoms with Crippen molar-refractivity contribution in [3.05, 3.63) is 65.7 Å². The lowest BCUT2D eigenvalue weighted by Gasteiger charge is -2.40. The largest absolute Gasteiger partial charge is 0.373 e. The van der Waals surface area contributed by atoms with Crippen molar-refractivity contribution in [3.63, 3.8) is 0 Å². The molecule has 1 amide bonds. The number of nitrogens with zero attached hydrogens (tertiary/aromatic N) is 5. The Hall–Kier alpha value is -3.81. The van der Waals surface area contributed by atoms with Gasteiger partial charge in [-0.15, -0.1) is 0 Å². The van der Waals surface area contributed by atoms with Crippen LogP contribution in [0.15, 0.2) is 48.7 Å². The lowest BCUT2D eigenvalue weighted by molar-refractivity contribution is 0.0959. The highest BCUT2D eigenvalue weighted by Crippen LogP contribution is 2.37. The van der Waals surface area contributed by atoms with Crippen LogP contribution in [0, 0.1) is 23.2 Å². The molecule has 1 aliphatic carbocycles. The Bertz CT molecular complexity index is 1310. The zero-order chi connectivity index (χ0) is 26.0. The highest BCUT2D eigenvalue weighted by molar-refractivity contribution is 5.97. The van der Waals surface area contributed by atoms with E-state index in [0.29, 0.717) is 43.7 Å². The van der Waals surface area contributed by atoms with Gasteiger partial charge in [-0.2, -0.15) is 14.8 Å². The summed E-state index contributed by atoms with van der Waals surface area (Å²) in [5.74, 6) is -0.765. The van der Waals surface area contributed by atoms with E-state index in [-0.39, 0.29) is 23.7 Å². The fraction of sp³-hybridized carbons (Fsp3) is 0.407. The summed E-state index contributed by atoms with van der Waals surface area (Å²) in [4.78, 5) is 18.4. The number of piperidine rings is 1. The molecule has 37 heavy (non-hydrogen) atoms. The topological polar surface area (TPSA) is 133 Å². The van der Waals surface area contributed by atoms with E-state index in [9.17, 15) is 19.6 Å². The maximum atomic E-state index is 14.9. The number of halogens is 1. The van der Waals surface area contributed by atoms with Crippen LogP contribution < -0.4 is 11.1 Å². The zero-order valence-corrected chi connectivity index (χ0v) is 20.5. The Morgan fingerprint density at radius 2 is 1.97 bits per heavy atom. The fourth-order valence-electron chi connectivity index (χ4n) is 4.93. The first kappa shape index (κ1) is 24.9. The molecule has 2 aliphatic rings. The van der Waals surface area contributed by atoms with Crippen LogP contribution in [0.3, 0.4) is 0 Å². The van der Waals surface area contributed by atoms with Gasteiger partial charge in [-0.25, -0.2) is 4.98 Å². The van der Waals surface area contributed by atoms with Crippen molar-refractivity contribution in [2.24, 2.45) is 11.7 Å². The van der Waals surface area contributed by atoms with Crippen molar-refractivity contribution in [2.75, 3.05) is 18.4 Å². The maximum Gasteiger partial charge on any atom is 0.254 e. The molecule has 10 heteroatoms. The number of amides is 1. The van der Waals surface area contributed by atoms with Gasteiger partial charge in [0.05, 0.1) is 23.7 Å². The van der Waals surface area contributed by atoms with Crippen LogP contribution in [-0.4, -0.2) is 50.0 Å². The van der Waals surface area contributed by atoms with Crippen molar-refractivity contribution in [2.45, 2.75) is 50.4 Å². The number of aliphatic hydroxyl groups excluding tert-OH is 1. The maximum absolute atomic E-state index is 14.9. The average molecular weight is 504 g/mol. The van der Waals surface area contributed by atoms with Gasteiger partial charge in [0, 0.05) is 42.9 Å². The second kappa shape index (κ2) is 10.3. The third kappa shape index (κ3) is 5.33. The van der Waals surface area contributed by atoms with Crippen LogP contribution in [-0.2, 0) is 12.1 Å². The summed E-state index contributed by atoms with van der Waals surface area (Å²) in [6, 6.07) is 15.4. The van der Waals surface area contributed by atoms with Crippen LogP contribution in [0.2, 0.25) is 0 Å². The number of pyridine rings is 1. The second-order valence-corrected chi connectivity index (χ2v) is 9.97. The SMILES string of the molecule is N#CCC1(n2cc(C(N)=O)c(NC(O)C3CC3)n2)CCN(Cc2ccc(-c3ccccc3)nc2F)CC1. The predicted molar refractivity (Wildman–Crippen MR) is 135 cm³/mol. The van der Waals surface area contributed by atoms with Gasteiger partial charge in [-0.3, -0.25) is 14.4 Å². The lowest BCUT2D eigenvalue weighted by atomic mass is 9.84. The number of hydrogen-bond acceptors (Lipinski definition) is 7. The van der Waals surface area contributed by atoms with E-state index in [2.05, 4.69) is 26.4 Å². The van der Waals surface area contributed by atoms with E-state index in [0.717, 1.165) is 18.4 Å². The lowest BCUT2D eigenvalue weighted by Crippen LogP contribution is -2.46. The van der Waals surface area contributed by atoms with Crippen LogP contribution in [0.5, 0.6) is 0 Å². The smallest absolute Gasteiger partial charge is 0.254 e. The molecule has 1 atom stereocenters. The van der Waals surface area contributed by atoms with Gasteiger partial charge < -0.3 is 16.2 Å². The molecule has 4 N–H and O–H groups in total. The number of nitriles is 1. The Kier molecular flexibility index (Phi) is 6.91. The number of aromatic nitrogens is 3. The monoisotopic (exact) mass is 503 g/mol. The number of anilines is 1.